The third-order valence-electron chi connectivity index (χ3n) is 5.48. The van der Waals surface area contributed by atoms with Crippen LogP contribution in [0, 0.1) is 6.92 Å². The van der Waals surface area contributed by atoms with E-state index in [-0.39, 0.29) is 24.3 Å². The summed E-state index contributed by atoms with van der Waals surface area (Å²) in [6, 6.07) is 8.42. The second kappa shape index (κ2) is 9.57. The van der Waals surface area contributed by atoms with E-state index in [9.17, 15) is 19.6 Å². The first kappa shape index (κ1) is 22.7. The lowest BCUT2D eigenvalue weighted by Gasteiger charge is -2.31. The maximum Gasteiger partial charge on any atom is 0.413 e. The second-order valence-electron chi connectivity index (χ2n) is 7.74. The third kappa shape index (κ3) is 5.12. The lowest BCUT2D eigenvalue weighted by atomic mass is 10.1. The van der Waals surface area contributed by atoms with Crippen LogP contribution in [0.2, 0.25) is 0 Å². The molecule has 3 amide bonds. The van der Waals surface area contributed by atoms with Gasteiger partial charge in [-0.2, -0.15) is 5.06 Å². The van der Waals surface area contributed by atoms with Crippen LogP contribution >= 0.6 is 27.3 Å². The van der Waals surface area contributed by atoms with Crippen molar-refractivity contribution in [1.29, 1.82) is 0 Å². The summed E-state index contributed by atoms with van der Waals surface area (Å²) in [6.07, 6.45) is -0.423. The van der Waals surface area contributed by atoms with Gasteiger partial charge in [0.1, 0.15) is 0 Å². The molecule has 2 aromatic rings. The number of thiophene rings is 1. The van der Waals surface area contributed by atoms with Crippen molar-refractivity contribution in [3.05, 3.63) is 45.2 Å². The number of nitrogens with one attached hydrogen (secondary N) is 1. The normalized spacial score (nSPS) is 19.3. The molecule has 11 heteroatoms. The van der Waals surface area contributed by atoms with Crippen molar-refractivity contribution in [1.82, 2.24) is 15.3 Å². The second-order valence-corrected chi connectivity index (χ2v) is 10.2. The van der Waals surface area contributed by atoms with Crippen molar-refractivity contribution in [2.24, 2.45) is 0 Å². The Hall–Kier alpha value is -2.47. The number of amides is 3. The van der Waals surface area contributed by atoms with E-state index < -0.39 is 6.09 Å². The molecule has 1 aromatic carbocycles. The molecular formula is C21H23BrN4O5S. The van der Waals surface area contributed by atoms with Gasteiger partial charge in [-0.3, -0.25) is 9.59 Å². The van der Waals surface area contributed by atoms with Crippen LogP contribution < -0.4 is 15.0 Å². The lowest BCUT2D eigenvalue weighted by Crippen LogP contribution is -2.47. The van der Waals surface area contributed by atoms with E-state index in [2.05, 4.69) is 21.2 Å². The predicted molar refractivity (Wildman–Crippen MR) is 122 cm³/mol. The zero-order valence-corrected chi connectivity index (χ0v) is 19.8. The van der Waals surface area contributed by atoms with Crippen molar-refractivity contribution in [2.45, 2.75) is 19.4 Å². The van der Waals surface area contributed by atoms with E-state index in [0.29, 0.717) is 49.0 Å². The summed E-state index contributed by atoms with van der Waals surface area (Å²) in [7, 11) is 0. The van der Waals surface area contributed by atoms with Crippen molar-refractivity contribution >= 4 is 50.9 Å². The van der Waals surface area contributed by atoms with Gasteiger partial charge < -0.3 is 25.1 Å². The van der Waals surface area contributed by atoms with Gasteiger partial charge in [0.25, 0.3) is 5.91 Å². The van der Waals surface area contributed by atoms with Crippen LogP contribution in [0.1, 0.15) is 22.3 Å². The Morgan fingerprint density at radius 1 is 1.19 bits per heavy atom. The Balaban J connectivity index is 1.38. The van der Waals surface area contributed by atoms with Crippen molar-refractivity contribution < 1.29 is 24.3 Å². The number of rotatable bonds is 4. The van der Waals surface area contributed by atoms with Crippen LogP contribution in [-0.4, -0.2) is 71.8 Å². The van der Waals surface area contributed by atoms with E-state index >= 15 is 0 Å². The molecule has 0 saturated carbocycles. The number of hydrogen-bond acceptors (Lipinski definition) is 7. The molecule has 3 heterocycles. The number of benzene rings is 1. The molecule has 0 spiro atoms. The minimum absolute atomic E-state index is 0.0857. The van der Waals surface area contributed by atoms with Crippen LogP contribution in [0.25, 0.3) is 0 Å². The Kier molecular flexibility index (Phi) is 6.79. The van der Waals surface area contributed by atoms with Crippen LogP contribution in [0.15, 0.2) is 34.1 Å². The highest BCUT2D eigenvalue weighted by Gasteiger charge is 2.32. The first-order chi connectivity index (χ1) is 15.3. The fourth-order valence-corrected chi connectivity index (χ4v) is 5.01. The predicted octanol–water partition coefficient (Wildman–Crippen LogP) is 2.86. The molecule has 2 N–H and O–H groups in total. The molecule has 4 rings (SSSR count). The summed E-state index contributed by atoms with van der Waals surface area (Å²) < 4.78 is 6.10. The van der Waals surface area contributed by atoms with Crippen molar-refractivity contribution in [2.75, 3.05) is 37.6 Å². The first-order valence-corrected chi connectivity index (χ1v) is 11.8. The van der Waals surface area contributed by atoms with Crippen molar-refractivity contribution in [3.8, 4) is 5.06 Å². The summed E-state index contributed by atoms with van der Waals surface area (Å²) in [5, 5.41) is 13.9. The largest absolute Gasteiger partial charge is 0.413 e. The van der Waals surface area contributed by atoms with Gasteiger partial charge in [-0.1, -0.05) is 11.3 Å². The fourth-order valence-electron chi connectivity index (χ4n) is 3.82. The summed E-state index contributed by atoms with van der Waals surface area (Å²) in [6.45, 7) is 3.94. The van der Waals surface area contributed by atoms with Gasteiger partial charge in [0.05, 0.1) is 9.83 Å². The number of carbonyl (C=O) groups is 3. The first-order valence-electron chi connectivity index (χ1n) is 10.2. The Morgan fingerprint density at radius 3 is 2.59 bits per heavy atom. The molecule has 1 atom stereocenters. The molecule has 2 fully saturated rings. The highest BCUT2D eigenvalue weighted by atomic mass is 79.9. The van der Waals surface area contributed by atoms with E-state index in [1.807, 2.05) is 13.0 Å². The highest BCUT2D eigenvalue weighted by Crippen LogP contribution is 2.29. The van der Waals surface area contributed by atoms with Gasteiger partial charge in [-0.25, -0.2) is 4.79 Å². The topological polar surface area (TPSA) is 102 Å². The molecule has 0 bridgehead atoms. The number of aryl methyl sites for hydroxylation is 1. The monoisotopic (exact) mass is 522 g/mol. The van der Waals surface area contributed by atoms with Crippen LogP contribution in [0.3, 0.4) is 0 Å². The molecule has 2 saturated heterocycles. The number of hydrogen-bond donors (Lipinski definition) is 2. The number of hydroxylamine groups is 2. The lowest BCUT2D eigenvalue weighted by molar-refractivity contribution is -0.117. The number of nitrogens with zero attached hydrogens (tertiary/aromatic N) is 3. The van der Waals surface area contributed by atoms with E-state index in [4.69, 9.17) is 4.74 Å². The minimum Gasteiger partial charge on any atom is -0.399 e. The zero-order valence-electron chi connectivity index (χ0n) is 17.4. The Morgan fingerprint density at radius 2 is 1.94 bits per heavy atom. The molecule has 0 radical (unpaired) electrons. The summed E-state index contributed by atoms with van der Waals surface area (Å²) in [4.78, 5) is 40.9. The van der Waals surface area contributed by atoms with Gasteiger partial charge in [0, 0.05) is 50.4 Å². The maximum absolute atomic E-state index is 12.8. The molecule has 9 nitrogen and oxygen atoms in total. The van der Waals surface area contributed by atoms with Gasteiger partial charge >= 0.3 is 6.09 Å². The molecular weight excluding hydrogens is 500 g/mol. The van der Waals surface area contributed by atoms with Gasteiger partial charge in [0.2, 0.25) is 5.91 Å². The van der Waals surface area contributed by atoms with Crippen LogP contribution in [-0.2, 0) is 4.79 Å². The number of ether oxygens (including phenoxy) is 1. The molecule has 0 aliphatic carbocycles. The highest BCUT2D eigenvalue weighted by molar-refractivity contribution is 9.11. The molecule has 2 aliphatic heterocycles. The summed E-state index contributed by atoms with van der Waals surface area (Å²) in [5.74, 6) is -0.191. The number of halogens is 1. The van der Waals surface area contributed by atoms with Crippen molar-refractivity contribution in [3.63, 3.8) is 0 Å². The fraction of sp³-hybridized carbons (Fsp3) is 0.381. The molecule has 32 heavy (non-hydrogen) atoms. The van der Waals surface area contributed by atoms with Crippen LogP contribution in [0.4, 0.5) is 10.5 Å². The average molecular weight is 523 g/mol. The van der Waals surface area contributed by atoms with Gasteiger partial charge in [-0.05, 0) is 58.7 Å². The number of piperazine rings is 1. The van der Waals surface area contributed by atoms with E-state index in [1.54, 1.807) is 34.1 Å². The smallest absolute Gasteiger partial charge is 0.399 e. The SMILES string of the molecule is Cc1cc(N2CC(NC(=O)Oc3ccc(Br)s3)CC2=O)ccc1C(=O)N1CCN(O)CC1. The summed E-state index contributed by atoms with van der Waals surface area (Å²) >= 11 is 4.61. The van der Waals surface area contributed by atoms with Gasteiger partial charge in [-0.15, -0.1) is 0 Å². The standard InChI is InChI=1S/C21H23BrN4O5S/c1-13-10-15(2-3-16(13)20(28)24-6-8-25(30)9-7-24)26-12-14(11-18(26)27)23-21(29)31-19-5-4-17(22)32-19/h2-5,10,14,30H,6-9,11-12H2,1H3,(H,23,29). The minimum atomic E-state index is -0.598. The van der Waals surface area contributed by atoms with Gasteiger partial charge in [0.15, 0.2) is 5.06 Å². The number of anilines is 1. The Labute approximate surface area is 197 Å². The maximum atomic E-state index is 12.8. The summed E-state index contributed by atoms with van der Waals surface area (Å²) in [5.41, 5.74) is 2.03. The molecule has 170 valence electrons. The Bertz CT molecular complexity index is 1040. The molecule has 1 unspecified atom stereocenters. The number of carbonyl (C=O) groups excluding carboxylic acids is 3. The molecule has 1 aromatic heterocycles. The average Bonchev–Trinajstić information content (AvgIpc) is 3.32. The van der Waals surface area contributed by atoms with Crippen LogP contribution in [0.5, 0.6) is 5.06 Å². The van der Waals surface area contributed by atoms with E-state index in [0.717, 1.165) is 9.35 Å². The quantitative estimate of drug-likeness (QED) is 0.639. The molecule has 2 aliphatic rings. The zero-order chi connectivity index (χ0) is 22.8. The third-order valence-corrected chi connectivity index (χ3v) is 6.99. The van der Waals surface area contributed by atoms with E-state index in [1.165, 1.54) is 16.4 Å².